The number of aromatic nitrogens is 1. The third-order valence-electron chi connectivity index (χ3n) is 2.39. The first-order valence-electron chi connectivity index (χ1n) is 5.14. The summed E-state index contributed by atoms with van der Waals surface area (Å²) in [7, 11) is 0. The smallest absolute Gasteiger partial charge is 0.137 e. The predicted octanol–water partition coefficient (Wildman–Crippen LogP) is 2.38. The second kappa shape index (κ2) is 5.33. The van der Waals surface area contributed by atoms with Gasteiger partial charge in [0, 0.05) is 6.61 Å². The first kappa shape index (κ1) is 10.7. The van der Waals surface area contributed by atoms with Gasteiger partial charge >= 0.3 is 0 Å². The number of ether oxygens (including phenoxy) is 2. The molecule has 0 amide bonds. The van der Waals surface area contributed by atoms with E-state index in [2.05, 4.69) is 4.98 Å². The molecule has 82 valence electrons. The zero-order chi connectivity index (χ0) is 10.5. The Labute approximate surface area is 94.4 Å². The fourth-order valence-electron chi connectivity index (χ4n) is 1.54. The average Bonchev–Trinajstić information content (AvgIpc) is 2.80. The van der Waals surface area contributed by atoms with Gasteiger partial charge in [0.2, 0.25) is 0 Å². The summed E-state index contributed by atoms with van der Waals surface area (Å²) in [6, 6.07) is 3.76. The van der Waals surface area contributed by atoms with Gasteiger partial charge in [-0.2, -0.15) is 0 Å². The maximum Gasteiger partial charge on any atom is 0.137 e. The third kappa shape index (κ3) is 3.08. The fraction of sp³-hybridized carbons (Fsp3) is 0.545. The topological polar surface area (TPSA) is 31.4 Å². The van der Waals surface area contributed by atoms with E-state index in [1.54, 1.807) is 6.20 Å². The molecule has 0 saturated carbocycles. The van der Waals surface area contributed by atoms with Crippen LogP contribution in [0.15, 0.2) is 18.3 Å². The molecule has 4 heteroatoms. The lowest BCUT2D eigenvalue weighted by Gasteiger charge is -2.10. The number of hydrogen-bond acceptors (Lipinski definition) is 3. The van der Waals surface area contributed by atoms with Crippen LogP contribution in [0.5, 0.6) is 5.75 Å². The van der Waals surface area contributed by atoms with Crippen molar-refractivity contribution in [2.75, 3.05) is 13.2 Å². The van der Waals surface area contributed by atoms with Crippen LogP contribution in [0.4, 0.5) is 0 Å². The van der Waals surface area contributed by atoms with Crippen molar-refractivity contribution in [3.8, 4) is 5.75 Å². The largest absolute Gasteiger partial charge is 0.489 e. The molecule has 0 radical (unpaired) electrons. The van der Waals surface area contributed by atoms with Gasteiger partial charge in [0.05, 0.1) is 23.9 Å². The van der Waals surface area contributed by atoms with Crippen LogP contribution in [0.2, 0.25) is 0 Å². The van der Waals surface area contributed by atoms with Crippen LogP contribution >= 0.6 is 11.6 Å². The van der Waals surface area contributed by atoms with Crippen molar-refractivity contribution in [3.63, 3.8) is 0 Å². The lowest BCUT2D eigenvalue weighted by atomic mass is 10.2. The molecule has 1 atom stereocenters. The van der Waals surface area contributed by atoms with E-state index in [9.17, 15) is 0 Å². The standard InChI is InChI=1S/C11H14ClNO2/c12-6-9-3-4-10(7-13-9)15-8-11-2-1-5-14-11/h3-4,7,11H,1-2,5-6,8H2. The van der Waals surface area contributed by atoms with Crippen LogP contribution < -0.4 is 4.74 Å². The van der Waals surface area contributed by atoms with Gasteiger partial charge < -0.3 is 9.47 Å². The van der Waals surface area contributed by atoms with Crippen molar-refractivity contribution >= 4 is 11.6 Å². The molecule has 0 spiro atoms. The van der Waals surface area contributed by atoms with E-state index >= 15 is 0 Å². The van der Waals surface area contributed by atoms with Crippen molar-refractivity contribution in [3.05, 3.63) is 24.0 Å². The first-order valence-corrected chi connectivity index (χ1v) is 5.67. The summed E-state index contributed by atoms with van der Waals surface area (Å²) >= 11 is 5.64. The van der Waals surface area contributed by atoms with Crippen LogP contribution in [0.1, 0.15) is 18.5 Å². The molecule has 3 nitrogen and oxygen atoms in total. The van der Waals surface area contributed by atoms with Gasteiger partial charge in [-0.15, -0.1) is 11.6 Å². The van der Waals surface area contributed by atoms with E-state index in [-0.39, 0.29) is 6.10 Å². The molecule has 1 unspecified atom stereocenters. The van der Waals surface area contributed by atoms with Gasteiger partial charge in [-0.25, -0.2) is 0 Å². The highest BCUT2D eigenvalue weighted by molar-refractivity contribution is 6.16. The molecular formula is C11H14ClNO2. The summed E-state index contributed by atoms with van der Waals surface area (Å²) in [5, 5.41) is 0. The number of halogens is 1. The van der Waals surface area contributed by atoms with Gasteiger partial charge in [0.1, 0.15) is 12.4 Å². The van der Waals surface area contributed by atoms with E-state index in [0.29, 0.717) is 12.5 Å². The molecule has 2 heterocycles. The predicted molar refractivity (Wildman–Crippen MR) is 58.3 cm³/mol. The minimum atomic E-state index is 0.248. The SMILES string of the molecule is ClCc1ccc(OCC2CCCO2)cn1. The number of hydrogen-bond donors (Lipinski definition) is 0. The summed E-state index contributed by atoms with van der Waals surface area (Å²) in [5.41, 5.74) is 0.862. The highest BCUT2D eigenvalue weighted by atomic mass is 35.5. The van der Waals surface area contributed by atoms with Gasteiger partial charge in [-0.05, 0) is 25.0 Å². The zero-order valence-corrected chi connectivity index (χ0v) is 9.24. The van der Waals surface area contributed by atoms with E-state index < -0.39 is 0 Å². The van der Waals surface area contributed by atoms with Gasteiger partial charge in [0.15, 0.2) is 0 Å². The summed E-state index contributed by atoms with van der Waals surface area (Å²) in [6.07, 6.45) is 4.18. The molecule has 0 bridgehead atoms. The second-order valence-electron chi connectivity index (χ2n) is 3.56. The summed E-state index contributed by atoms with van der Waals surface area (Å²) in [5.74, 6) is 1.21. The van der Waals surface area contributed by atoms with Crippen LogP contribution in [0.25, 0.3) is 0 Å². The third-order valence-corrected chi connectivity index (χ3v) is 2.67. The molecule has 0 aliphatic carbocycles. The molecule has 1 aromatic heterocycles. The van der Waals surface area contributed by atoms with Crippen molar-refractivity contribution in [2.45, 2.75) is 24.8 Å². The van der Waals surface area contributed by atoms with Crippen molar-refractivity contribution in [1.29, 1.82) is 0 Å². The minimum Gasteiger partial charge on any atom is -0.489 e. The molecule has 15 heavy (non-hydrogen) atoms. The number of rotatable bonds is 4. The Morgan fingerprint density at radius 3 is 3.07 bits per heavy atom. The van der Waals surface area contributed by atoms with Gasteiger partial charge in [-0.3, -0.25) is 4.98 Å². The first-order chi connectivity index (χ1) is 7.38. The normalized spacial score (nSPS) is 20.5. The quantitative estimate of drug-likeness (QED) is 0.741. The van der Waals surface area contributed by atoms with Crippen molar-refractivity contribution in [1.82, 2.24) is 4.98 Å². The van der Waals surface area contributed by atoms with Crippen LogP contribution in [-0.2, 0) is 10.6 Å². The molecule has 0 aromatic carbocycles. The summed E-state index contributed by atoms with van der Waals surface area (Å²) in [6.45, 7) is 1.47. The summed E-state index contributed by atoms with van der Waals surface area (Å²) in [4.78, 5) is 4.14. The Bertz CT molecular complexity index is 296. The molecular weight excluding hydrogens is 214 g/mol. The minimum absolute atomic E-state index is 0.248. The number of pyridine rings is 1. The fourth-order valence-corrected chi connectivity index (χ4v) is 1.70. The Kier molecular flexibility index (Phi) is 3.80. The van der Waals surface area contributed by atoms with E-state index in [1.807, 2.05) is 12.1 Å². The second-order valence-corrected chi connectivity index (χ2v) is 3.83. The van der Waals surface area contributed by atoms with Gasteiger partial charge in [0.25, 0.3) is 0 Å². The Morgan fingerprint density at radius 2 is 2.47 bits per heavy atom. The van der Waals surface area contributed by atoms with E-state index in [4.69, 9.17) is 21.1 Å². The lowest BCUT2D eigenvalue weighted by molar-refractivity contribution is 0.0678. The molecule has 2 rings (SSSR count). The Morgan fingerprint density at radius 1 is 1.53 bits per heavy atom. The van der Waals surface area contributed by atoms with Crippen molar-refractivity contribution in [2.24, 2.45) is 0 Å². The van der Waals surface area contributed by atoms with Crippen LogP contribution in [-0.4, -0.2) is 24.3 Å². The highest BCUT2D eigenvalue weighted by Crippen LogP contribution is 2.15. The molecule has 1 fully saturated rings. The average molecular weight is 228 g/mol. The molecule has 1 saturated heterocycles. The molecule has 1 aliphatic rings. The molecule has 1 aromatic rings. The Balaban J connectivity index is 1.82. The monoisotopic (exact) mass is 227 g/mol. The molecule has 1 aliphatic heterocycles. The lowest BCUT2D eigenvalue weighted by Crippen LogP contribution is -2.16. The number of alkyl halides is 1. The van der Waals surface area contributed by atoms with E-state index in [1.165, 1.54) is 0 Å². The summed E-state index contributed by atoms with van der Waals surface area (Å²) < 4.78 is 11.0. The van der Waals surface area contributed by atoms with E-state index in [0.717, 1.165) is 30.9 Å². The molecule has 0 N–H and O–H groups in total. The maximum absolute atomic E-state index is 5.64. The van der Waals surface area contributed by atoms with Crippen LogP contribution in [0, 0.1) is 0 Å². The van der Waals surface area contributed by atoms with Gasteiger partial charge in [-0.1, -0.05) is 0 Å². The highest BCUT2D eigenvalue weighted by Gasteiger charge is 2.15. The number of nitrogens with zero attached hydrogens (tertiary/aromatic N) is 1. The zero-order valence-electron chi connectivity index (χ0n) is 8.49. The Hall–Kier alpha value is -0.800. The maximum atomic E-state index is 5.64. The van der Waals surface area contributed by atoms with Crippen LogP contribution in [0.3, 0.4) is 0 Å². The van der Waals surface area contributed by atoms with Crippen molar-refractivity contribution < 1.29 is 9.47 Å².